The Morgan fingerprint density at radius 3 is 2.50 bits per heavy atom. The van der Waals surface area contributed by atoms with E-state index < -0.39 is 36.4 Å². The van der Waals surface area contributed by atoms with Gasteiger partial charge in [-0.15, -0.1) is 0 Å². The summed E-state index contributed by atoms with van der Waals surface area (Å²) in [5.74, 6) is -5.29. The van der Waals surface area contributed by atoms with Crippen LogP contribution >= 0.6 is 11.6 Å². The highest BCUT2D eigenvalue weighted by molar-refractivity contribution is 6.33. The van der Waals surface area contributed by atoms with Crippen molar-refractivity contribution in [3.05, 3.63) is 29.3 Å². The third-order valence-corrected chi connectivity index (χ3v) is 4.27. The topological polar surface area (TPSA) is 69.6 Å². The van der Waals surface area contributed by atoms with E-state index in [1.165, 1.54) is 4.90 Å². The highest BCUT2D eigenvalue weighted by Crippen LogP contribution is 2.37. The fraction of sp³-hybridized carbons (Fsp3) is 0.467. The number of aliphatic carboxylic acids is 1. The van der Waals surface area contributed by atoms with Crippen LogP contribution in [0.3, 0.4) is 0 Å². The van der Waals surface area contributed by atoms with E-state index in [-0.39, 0.29) is 19.5 Å². The van der Waals surface area contributed by atoms with Crippen LogP contribution in [0.25, 0.3) is 0 Å². The van der Waals surface area contributed by atoms with E-state index in [1.807, 2.05) is 0 Å². The Balaban J connectivity index is 1.89. The predicted molar refractivity (Wildman–Crippen MR) is 81.8 cm³/mol. The summed E-state index contributed by atoms with van der Waals surface area (Å²) in [6.07, 6.45) is -4.63. The average molecular weight is 365 g/mol. The minimum Gasteiger partial charge on any atom is -0.481 e. The van der Waals surface area contributed by atoms with Gasteiger partial charge in [-0.05, 0) is 12.1 Å². The third-order valence-electron chi connectivity index (χ3n) is 3.94. The molecule has 0 saturated carbocycles. The van der Waals surface area contributed by atoms with E-state index in [0.717, 1.165) is 0 Å². The van der Waals surface area contributed by atoms with E-state index in [9.17, 15) is 22.8 Å². The molecule has 9 heteroatoms. The molecule has 1 amide bonds. The van der Waals surface area contributed by atoms with Gasteiger partial charge in [0.2, 0.25) is 5.91 Å². The quantitative estimate of drug-likeness (QED) is 0.843. The van der Waals surface area contributed by atoms with Gasteiger partial charge in [0.1, 0.15) is 0 Å². The first kappa shape index (κ1) is 18.5. The molecule has 0 unspecified atom stereocenters. The summed E-state index contributed by atoms with van der Waals surface area (Å²) < 4.78 is 38.7. The Hall–Kier alpha value is -1.80. The van der Waals surface area contributed by atoms with Gasteiger partial charge in [0.05, 0.1) is 22.5 Å². The third kappa shape index (κ3) is 4.61. The van der Waals surface area contributed by atoms with Crippen LogP contribution in [0.4, 0.5) is 18.9 Å². The smallest absolute Gasteiger partial charge is 0.393 e. The first-order valence-electron chi connectivity index (χ1n) is 7.24. The molecule has 1 aromatic rings. The van der Waals surface area contributed by atoms with Crippen LogP contribution < -0.4 is 5.32 Å². The maximum atomic E-state index is 12.9. The number of hydrogen-bond acceptors (Lipinski definition) is 3. The minimum absolute atomic E-state index is 0.0483. The molecule has 1 aliphatic heterocycles. The molecule has 2 N–H and O–H groups in total. The van der Waals surface area contributed by atoms with Gasteiger partial charge in [-0.3, -0.25) is 9.59 Å². The van der Waals surface area contributed by atoms with E-state index in [0.29, 0.717) is 10.7 Å². The molecule has 1 fully saturated rings. The zero-order valence-corrected chi connectivity index (χ0v) is 13.3. The summed E-state index contributed by atoms with van der Waals surface area (Å²) >= 11 is 5.90. The number of carbonyl (C=O) groups excluding carboxylic acids is 1. The first-order valence-corrected chi connectivity index (χ1v) is 7.62. The number of carboxylic acids is 1. The molecule has 5 nitrogen and oxygen atoms in total. The fourth-order valence-electron chi connectivity index (χ4n) is 2.68. The van der Waals surface area contributed by atoms with Crippen molar-refractivity contribution < 1.29 is 27.9 Å². The number of benzene rings is 1. The standard InChI is InChI=1S/C15H16ClF3N2O3/c16-11-3-1-2-4-12(11)20-13(22)5-6-21-7-9(14(23)24)10(8-21)15(17,18)19/h1-4,9-10H,5-8H2,(H,20,22)(H,23,24)/t9-,10-/m1/s1. The maximum absolute atomic E-state index is 12.9. The highest BCUT2D eigenvalue weighted by Gasteiger charge is 2.52. The van der Waals surface area contributed by atoms with E-state index >= 15 is 0 Å². The van der Waals surface area contributed by atoms with Gasteiger partial charge < -0.3 is 15.3 Å². The van der Waals surface area contributed by atoms with Gasteiger partial charge in [-0.1, -0.05) is 23.7 Å². The van der Waals surface area contributed by atoms with E-state index in [4.69, 9.17) is 16.7 Å². The number of likely N-dealkylation sites (tertiary alicyclic amines) is 1. The summed E-state index contributed by atoms with van der Waals surface area (Å²) in [4.78, 5) is 24.2. The Labute approximate surface area is 141 Å². The van der Waals surface area contributed by atoms with Crippen molar-refractivity contribution >= 4 is 29.2 Å². The van der Waals surface area contributed by atoms with Crippen molar-refractivity contribution in [3.63, 3.8) is 0 Å². The number of alkyl halides is 3. The number of anilines is 1. The molecular weight excluding hydrogens is 349 g/mol. The second-order valence-corrected chi connectivity index (χ2v) is 6.04. The Morgan fingerprint density at radius 1 is 1.29 bits per heavy atom. The van der Waals surface area contributed by atoms with Gasteiger partial charge in [0, 0.05) is 26.1 Å². The van der Waals surface area contributed by atoms with Crippen LogP contribution in [0.1, 0.15) is 6.42 Å². The highest BCUT2D eigenvalue weighted by atomic mass is 35.5. The van der Waals surface area contributed by atoms with Crippen LogP contribution in [-0.4, -0.2) is 47.7 Å². The number of rotatable bonds is 5. The number of nitrogens with one attached hydrogen (secondary N) is 1. The van der Waals surface area contributed by atoms with Crippen molar-refractivity contribution in [2.45, 2.75) is 12.6 Å². The fourth-order valence-corrected chi connectivity index (χ4v) is 2.87. The van der Waals surface area contributed by atoms with Gasteiger partial charge in [0.25, 0.3) is 0 Å². The zero-order valence-electron chi connectivity index (χ0n) is 12.5. The summed E-state index contributed by atoms with van der Waals surface area (Å²) in [5, 5.41) is 11.9. The molecule has 2 rings (SSSR count). The van der Waals surface area contributed by atoms with Crippen LogP contribution in [-0.2, 0) is 9.59 Å². The van der Waals surface area contributed by atoms with Crippen molar-refractivity contribution in [2.24, 2.45) is 11.8 Å². The SMILES string of the molecule is O=C(CCN1C[C@@H](C(F)(F)F)[C@H](C(=O)O)C1)Nc1ccccc1Cl. The summed E-state index contributed by atoms with van der Waals surface area (Å²) in [7, 11) is 0. The predicted octanol–water partition coefficient (Wildman–Crippen LogP) is 2.86. The average Bonchev–Trinajstić information content (AvgIpc) is 2.92. The number of amides is 1. The number of carboxylic acid groups (broad SMARTS) is 1. The molecule has 0 aliphatic carbocycles. The molecule has 0 spiro atoms. The van der Waals surface area contributed by atoms with Crippen molar-refractivity contribution in [2.75, 3.05) is 25.0 Å². The van der Waals surface area contributed by atoms with Crippen LogP contribution in [0.5, 0.6) is 0 Å². The molecule has 2 atom stereocenters. The van der Waals surface area contributed by atoms with E-state index in [2.05, 4.69) is 5.32 Å². The summed E-state index contributed by atoms with van der Waals surface area (Å²) in [6, 6.07) is 6.60. The molecule has 1 aliphatic rings. The lowest BCUT2D eigenvalue weighted by Gasteiger charge is -2.18. The number of para-hydroxylation sites is 1. The number of hydrogen-bond donors (Lipinski definition) is 2. The van der Waals surface area contributed by atoms with Crippen molar-refractivity contribution in [1.29, 1.82) is 0 Å². The molecule has 1 saturated heterocycles. The first-order chi connectivity index (χ1) is 11.2. The Bertz CT molecular complexity index is 624. The molecule has 1 aromatic carbocycles. The molecule has 0 bridgehead atoms. The normalized spacial score (nSPS) is 21.7. The summed E-state index contributed by atoms with van der Waals surface area (Å²) in [5.41, 5.74) is 0.419. The van der Waals surface area contributed by atoms with Gasteiger partial charge >= 0.3 is 12.1 Å². The molecule has 0 radical (unpaired) electrons. The number of halogens is 4. The molecule has 132 valence electrons. The molecule has 24 heavy (non-hydrogen) atoms. The molecule has 0 aromatic heterocycles. The van der Waals surface area contributed by atoms with E-state index in [1.54, 1.807) is 24.3 Å². The number of carbonyl (C=O) groups is 2. The van der Waals surface area contributed by atoms with Crippen molar-refractivity contribution in [1.82, 2.24) is 4.90 Å². The summed E-state index contributed by atoms with van der Waals surface area (Å²) in [6.45, 7) is -0.592. The van der Waals surface area contributed by atoms with Crippen LogP contribution in [0.15, 0.2) is 24.3 Å². The molecule has 1 heterocycles. The second kappa shape index (κ2) is 7.40. The Kier molecular flexibility index (Phi) is 5.71. The monoisotopic (exact) mass is 364 g/mol. The zero-order chi connectivity index (χ0) is 17.9. The van der Waals surface area contributed by atoms with Crippen LogP contribution in [0.2, 0.25) is 5.02 Å². The second-order valence-electron chi connectivity index (χ2n) is 5.63. The minimum atomic E-state index is -4.57. The van der Waals surface area contributed by atoms with Crippen molar-refractivity contribution in [3.8, 4) is 0 Å². The largest absolute Gasteiger partial charge is 0.481 e. The van der Waals surface area contributed by atoms with Gasteiger partial charge in [-0.2, -0.15) is 13.2 Å². The number of nitrogens with zero attached hydrogens (tertiary/aromatic N) is 1. The molecular formula is C15H16ClF3N2O3. The lowest BCUT2D eigenvalue weighted by atomic mass is 9.96. The van der Waals surface area contributed by atoms with Gasteiger partial charge in [0.15, 0.2) is 0 Å². The lowest BCUT2D eigenvalue weighted by Crippen LogP contribution is -2.33. The Morgan fingerprint density at radius 2 is 1.96 bits per heavy atom. The van der Waals surface area contributed by atoms with Gasteiger partial charge in [-0.25, -0.2) is 0 Å². The van der Waals surface area contributed by atoms with Crippen LogP contribution in [0, 0.1) is 11.8 Å². The maximum Gasteiger partial charge on any atom is 0.393 e. The lowest BCUT2D eigenvalue weighted by molar-refractivity contribution is -0.188.